The predicted octanol–water partition coefficient (Wildman–Crippen LogP) is 1.15. The highest BCUT2D eigenvalue weighted by molar-refractivity contribution is 6.05. The average molecular weight is 529 g/mol. The molecule has 1 heterocycles. The minimum atomic E-state index is -0.275. The van der Waals surface area contributed by atoms with E-state index >= 15 is 0 Å². The van der Waals surface area contributed by atoms with Crippen LogP contribution in [-0.4, -0.2) is 24.3 Å². The lowest BCUT2D eigenvalue weighted by atomic mass is 10.1. The molecule has 38 heavy (non-hydrogen) atoms. The van der Waals surface area contributed by atoms with E-state index < -0.39 is 0 Å². The molecule has 3 amide bonds. The van der Waals surface area contributed by atoms with E-state index in [-0.39, 0.29) is 36.7 Å². The third-order valence-electron chi connectivity index (χ3n) is 5.67. The van der Waals surface area contributed by atoms with Gasteiger partial charge in [-0.15, -0.1) is 0 Å². The van der Waals surface area contributed by atoms with Gasteiger partial charge >= 0.3 is 0 Å². The number of amides is 3. The minimum absolute atomic E-state index is 0. The predicted molar refractivity (Wildman–Crippen MR) is 143 cm³/mol. The molecule has 4 aromatic rings. The molecule has 3 aromatic carbocycles. The Labute approximate surface area is 228 Å². The van der Waals surface area contributed by atoms with Crippen LogP contribution in [0, 0.1) is 6.92 Å². The summed E-state index contributed by atoms with van der Waals surface area (Å²) in [4.78, 5) is 37.9. The number of rotatable bonds is 9. The molecule has 0 bridgehead atoms. The zero-order valence-electron chi connectivity index (χ0n) is 21.0. The first-order valence-corrected chi connectivity index (χ1v) is 12.1. The number of hydrogen-bond donors (Lipinski definition) is 3. The average Bonchev–Trinajstić information content (AvgIpc) is 2.89. The van der Waals surface area contributed by atoms with E-state index in [2.05, 4.69) is 16.0 Å². The van der Waals surface area contributed by atoms with Crippen molar-refractivity contribution in [3.05, 3.63) is 126 Å². The van der Waals surface area contributed by atoms with E-state index in [1.165, 1.54) is 0 Å². The molecule has 0 saturated carbocycles. The Hall–Kier alpha value is -4.49. The number of nitrogens with zero attached hydrogens (tertiary/aromatic N) is 1. The normalized spacial score (nSPS) is 10.1. The molecule has 0 radical (unpaired) electrons. The number of carbonyl (C=O) groups excluding carboxylic acids is 3. The number of hydrogen-bond acceptors (Lipinski definition) is 3. The Morgan fingerprint density at radius 1 is 0.737 bits per heavy atom. The Morgan fingerprint density at radius 3 is 2.21 bits per heavy atom. The summed E-state index contributed by atoms with van der Waals surface area (Å²) in [6, 6.07) is 27.7. The molecule has 0 fully saturated rings. The van der Waals surface area contributed by atoms with Crippen molar-refractivity contribution in [2.45, 2.75) is 19.9 Å². The van der Waals surface area contributed by atoms with Crippen molar-refractivity contribution in [3.8, 4) is 0 Å². The number of halogens is 1. The molecular weight excluding hydrogens is 500 g/mol. The number of anilines is 2. The topological polar surface area (TPSA) is 91.2 Å². The third-order valence-corrected chi connectivity index (χ3v) is 5.67. The molecule has 7 nitrogen and oxygen atoms in total. The molecule has 0 aliphatic rings. The van der Waals surface area contributed by atoms with E-state index in [0.717, 1.165) is 17.5 Å². The van der Waals surface area contributed by atoms with Gasteiger partial charge < -0.3 is 28.4 Å². The number of pyridine rings is 1. The van der Waals surface area contributed by atoms with Gasteiger partial charge in [0.1, 0.15) is 5.56 Å². The van der Waals surface area contributed by atoms with Gasteiger partial charge in [0.05, 0.1) is 0 Å². The van der Waals surface area contributed by atoms with Crippen molar-refractivity contribution in [1.29, 1.82) is 0 Å². The van der Waals surface area contributed by atoms with Crippen LogP contribution in [0.25, 0.3) is 0 Å². The number of aryl methyl sites for hydroxylation is 1. The fourth-order valence-electron chi connectivity index (χ4n) is 3.85. The van der Waals surface area contributed by atoms with Crippen LogP contribution < -0.4 is 32.9 Å². The lowest BCUT2D eigenvalue weighted by Crippen LogP contribution is -3.00. The number of nitrogens with one attached hydrogen (secondary N) is 3. The maximum Gasteiger partial charge on any atom is 0.290 e. The third kappa shape index (κ3) is 8.28. The number of benzene rings is 3. The van der Waals surface area contributed by atoms with Gasteiger partial charge in [-0.3, -0.25) is 14.4 Å². The molecule has 4 rings (SSSR count). The van der Waals surface area contributed by atoms with Gasteiger partial charge in [0.25, 0.3) is 17.7 Å². The molecule has 0 saturated heterocycles. The van der Waals surface area contributed by atoms with Crippen LogP contribution in [0.2, 0.25) is 0 Å². The SMILES string of the molecule is Cc1cccc(NC(=O)c2cccc(NC(=O)C[n+]3cccc(C(=O)NCCc4ccccc4)c3)c2)c1.[Cl-]. The summed E-state index contributed by atoms with van der Waals surface area (Å²) >= 11 is 0. The monoisotopic (exact) mass is 528 g/mol. The van der Waals surface area contributed by atoms with Crippen LogP contribution in [-0.2, 0) is 17.8 Å². The molecule has 194 valence electrons. The maximum absolute atomic E-state index is 12.7. The molecule has 3 N–H and O–H groups in total. The van der Waals surface area contributed by atoms with Crippen molar-refractivity contribution in [2.75, 3.05) is 17.2 Å². The lowest BCUT2D eigenvalue weighted by molar-refractivity contribution is -0.684. The highest BCUT2D eigenvalue weighted by Gasteiger charge is 2.15. The second kappa shape index (κ2) is 13.7. The molecule has 0 aliphatic heterocycles. The molecular formula is C30H29ClN4O3. The van der Waals surface area contributed by atoms with Crippen LogP contribution in [0.3, 0.4) is 0 Å². The largest absolute Gasteiger partial charge is 1.00 e. The van der Waals surface area contributed by atoms with E-state index in [1.807, 2.05) is 61.5 Å². The van der Waals surface area contributed by atoms with Crippen molar-refractivity contribution in [2.24, 2.45) is 0 Å². The van der Waals surface area contributed by atoms with Crippen molar-refractivity contribution >= 4 is 29.1 Å². The fraction of sp³-hybridized carbons (Fsp3) is 0.133. The highest BCUT2D eigenvalue weighted by atomic mass is 35.5. The van der Waals surface area contributed by atoms with Crippen molar-refractivity contribution in [1.82, 2.24) is 5.32 Å². The van der Waals surface area contributed by atoms with E-state index in [0.29, 0.717) is 29.0 Å². The first kappa shape index (κ1) is 28.1. The lowest BCUT2D eigenvalue weighted by Gasteiger charge is -2.08. The standard InChI is InChI=1S/C30H28N4O3.ClH/c1-22-8-5-13-26(18-22)33-30(37)24-11-6-14-27(19-24)32-28(35)21-34-17-7-12-25(20-34)29(36)31-16-15-23-9-3-2-4-10-23;/h2-14,17-20H,15-16,21H2,1H3,(H2-,31,32,33,35,36,37);1H. The number of aromatic nitrogens is 1. The quantitative estimate of drug-likeness (QED) is 0.285. The molecule has 0 atom stereocenters. The van der Waals surface area contributed by atoms with Gasteiger partial charge in [-0.2, -0.15) is 4.57 Å². The van der Waals surface area contributed by atoms with Crippen LogP contribution in [0.15, 0.2) is 103 Å². The number of carbonyl (C=O) groups is 3. The second-order valence-corrected chi connectivity index (χ2v) is 8.71. The van der Waals surface area contributed by atoms with Gasteiger partial charge in [-0.05, 0) is 60.9 Å². The summed E-state index contributed by atoms with van der Waals surface area (Å²) in [5, 5.41) is 8.60. The van der Waals surface area contributed by atoms with Crippen molar-refractivity contribution < 1.29 is 31.4 Å². The summed E-state index contributed by atoms with van der Waals surface area (Å²) < 4.78 is 1.65. The fourth-order valence-corrected chi connectivity index (χ4v) is 3.85. The molecule has 0 unspecified atom stereocenters. The Bertz CT molecular complexity index is 1410. The maximum atomic E-state index is 12.7. The molecule has 0 spiro atoms. The second-order valence-electron chi connectivity index (χ2n) is 8.71. The van der Waals surface area contributed by atoms with Gasteiger partial charge in [-0.25, -0.2) is 0 Å². The summed E-state index contributed by atoms with van der Waals surface area (Å²) in [6.07, 6.45) is 4.11. The van der Waals surface area contributed by atoms with Gasteiger partial charge in [-0.1, -0.05) is 48.5 Å². The van der Waals surface area contributed by atoms with E-state index in [4.69, 9.17) is 0 Å². The van der Waals surface area contributed by atoms with Crippen molar-refractivity contribution in [3.63, 3.8) is 0 Å². The van der Waals surface area contributed by atoms with Crippen LogP contribution in [0.4, 0.5) is 11.4 Å². The van der Waals surface area contributed by atoms with Crippen LogP contribution >= 0.6 is 0 Å². The molecule has 8 heteroatoms. The Morgan fingerprint density at radius 2 is 1.45 bits per heavy atom. The minimum Gasteiger partial charge on any atom is -1.00 e. The summed E-state index contributed by atoms with van der Waals surface area (Å²) in [6.45, 7) is 2.49. The first-order valence-electron chi connectivity index (χ1n) is 12.1. The Kier molecular flexibility index (Phi) is 10.1. The highest BCUT2D eigenvalue weighted by Crippen LogP contribution is 2.15. The Balaban J connectivity index is 0.00000400. The first-order chi connectivity index (χ1) is 18.0. The van der Waals surface area contributed by atoms with Gasteiger partial charge in [0, 0.05) is 29.5 Å². The molecule has 0 aliphatic carbocycles. The van der Waals surface area contributed by atoms with E-state index in [1.54, 1.807) is 53.4 Å². The van der Waals surface area contributed by atoms with Gasteiger partial charge in [0.15, 0.2) is 12.4 Å². The van der Waals surface area contributed by atoms with E-state index in [9.17, 15) is 14.4 Å². The van der Waals surface area contributed by atoms with Crippen LogP contribution in [0.1, 0.15) is 31.8 Å². The zero-order chi connectivity index (χ0) is 26.0. The van der Waals surface area contributed by atoms with Crippen LogP contribution in [0.5, 0.6) is 0 Å². The molecule has 1 aromatic heterocycles. The van der Waals surface area contributed by atoms with Gasteiger partial charge in [0.2, 0.25) is 6.54 Å². The zero-order valence-corrected chi connectivity index (χ0v) is 21.7. The summed E-state index contributed by atoms with van der Waals surface area (Å²) in [7, 11) is 0. The summed E-state index contributed by atoms with van der Waals surface area (Å²) in [5.74, 6) is -0.733. The smallest absolute Gasteiger partial charge is 0.290 e. The summed E-state index contributed by atoms with van der Waals surface area (Å²) in [5.41, 5.74) is 4.32.